The van der Waals surface area contributed by atoms with Gasteiger partial charge in [0.15, 0.2) is 11.6 Å². The first-order chi connectivity index (χ1) is 16.0. The zero-order valence-corrected chi connectivity index (χ0v) is 18.6. The predicted molar refractivity (Wildman–Crippen MR) is 118 cm³/mol. The first-order valence-corrected chi connectivity index (χ1v) is 12.1. The molecule has 33 heavy (non-hydrogen) atoms. The molecule has 2 saturated carbocycles. The minimum atomic E-state index is -1.23. The molecule has 5 nitrogen and oxygen atoms in total. The van der Waals surface area contributed by atoms with Gasteiger partial charge in [-0.3, -0.25) is 0 Å². The number of hydrogen-bond acceptors (Lipinski definition) is 5. The topological polar surface area (TPSA) is 50.3 Å². The van der Waals surface area contributed by atoms with Crippen molar-refractivity contribution < 1.29 is 17.9 Å². The molecule has 5 atom stereocenters. The minimum absolute atomic E-state index is 0.107. The van der Waals surface area contributed by atoms with Gasteiger partial charge >= 0.3 is 0 Å². The van der Waals surface area contributed by atoms with E-state index in [-0.39, 0.29) is 11.3 Å². The van der Waals surface area contributed by atoms with Gasteiger partial charge in [-0.05, 0) is 62.1 Å². The lowest BCUT2D eigenvalue weighted by molar-refractivity contribution is 0.0521. The first-order valence-electron chi connectivity index (χ1n) is 12.1. The van der Waals surface area contributed by atoms with Gasteiger partial charge in [0.05, 0.1) is 11.8 Å². The molecule has 176 valence electrons. The third-order valence-corrected chi connectivity index (χ3v) is 8.39. The van der Waals surface area contributed by atoms with Gasteiger partial charge in [-0.2, -0.15) is 0 Å². The summed E-state index contributed by atoms with van der Waals surface area (Å²) in [5, 5.41) is 11.6. The number of nitrogens with one attached hydrogen (secondary N) is 1. The molecule has 0 bridgehead atoms. The zero-order chi connectivity index (χ0) is 22.6. The highest BCUT2D eigenvalue weighted by atomic mass is 19.2. The molecule has 3 heterocycles. The van der Waals surface area contributed by atoms with Crippen molar-refractivity contribution in [3.05, 3.63) is 41.7 Å². The average Bonchev–Trinajstić information content (AvgIpc) is 3.52. The quantitative estimate of drug-likeness (QED) is 0.662. The Labute approximate surface area is 191 Å². The summed E-state index contributed by atoms with van der Waals surface area (Å²) in [5.74, 6) is -1.21. The van der Waals surface area contributed by atoms with Gasteiger partial charge in [0.2, 0.25) is 0 Å². The van der Waals surface area contributed by atoms with Crippen molar-refractivity contribution in [2.75, 3.05) is 31.6 Å². The molecule has 0 radical (unpaired) electrons. The molecule has 2 saturated heterocycles. The lowest BCUT2D eigenvalue weighted by Crippen LogP contribution is -2.39. The van der Waals surface area contributed by atoms with Crippen LogP contribution in [0.3, 0.4) is 0 Å². The fourth-order valence-corrected chi connectivity index (χ4v) is 6.91. The van der Waals surface area contributed by atoms with Crippen LogP contribution in [0.2, 0.25) is 0 Å². The maximum Gasteiger partial charge on any atom is 0.168 e. The fourth-order valence-electron chi connectivity index (χ4n) is 6.91. The normalized spacial score (nSPS) is 33.4. The van der Waals surface area contributed by atoms with Crippen LogP contribution < -0.4 is 5.32 Å². The van der Waals surface area contributed by atoms with Crippen LogP contribution in [0.1, 0.15) is 38.5 Å². The molecule has 4 fully saturated rings. The Kier molecular flexibility index (Phi) is 5.33. The summed E-state index contributed by atoms with van der Waals surface area (Å²) < 4.78 is 47.0. The van der Waals surface area contributed by atoms with Gasteiger partial charge < -0.3 is 15.0 Å². The number of anilines is 1. The van der Waals surface area contributed by atoms with Crippen LogP contribution >= 0.6 is 0 Å². The van der Waals surface area contributed by atoms with Crippen molar-refractivity contribution in [2.24, 2.45) is 17.3 Å². The zero-order valence-electron chi connectivity index (χ0n) is 18.6. The van der Waals surface area contributed by atoms with E-state index in [2.05, 4.69) is 20.4 Å². The Balaban J connectivity index is 1.05. The summed E-state index contributed by atoms with van der Waals surface area (Å²) in [4.78, 5) is 2.68. The fraction of sp³-hybridized carbons (Fsp3) is 0.600. The van der Waals surface area contributed by atoms with Crippen LogP contribution in [0.15, 0.2) is 24.3 Å². The number of rotatable bonds is 5. The molecule has 1 unspecified atom stereocenters. The number of ether oxygens (including phenoxy) is 1. The Morgan fingerprint density at radius 3 is 2.64 bits per heavy atom. The lowest BCUT2D eigenvalue weighted by atomic mass is 9.82. The number of fused-ring (bicyclic) bond motifs is 2. The van der Waals surface area contributed by atoms with Crippen LogP contribution in [-0.4, -0.2) is 53.5 Å². The van der Waals surface area contributed by atoms with Crippen molar-refractivity contribution >= 4 is 5.82 Å². The van der Waals surface area contributed by atoms with Crippen molar-refractivity contribution in [1.82, 2.24) is 15.1 Å². The third-order valence-electron chi connectivity index (χ3n) is 8.39. The van der Waals surface area contributed by atoms with Gasteiger partial charge in [0.1, 0.15) is 11.6 Å². The number of nitrogens with zero attached hydrogens (tertiary/aromatic N) is 3. The van der Waals surface area contributed by atoms with E-state index in [0.29, 0.717) is 41.3 Å². The maximum atomic E-state index is 14.0. The van der Waals surface area contributed by atoms with Gasteiger partial charge in [-0.25, -0.2) is 13.2 Å². The summed E-state index contributed by atoms with van der Waals surface area (Å²) >= 11 is 0. The number of halogens is 3. The summed E-state index contributed by atoms with van der Waals surface area (Å²) in [6, 6.07) is 5.03. The molecule has 2 aliphatic carbocycles. The predicted octanol–water partition coefficient (Wildman–Crippen LogP) is 4.64. The smallest absolute Gasteiger partial charge is 0.168 e. The molecular weight excluding hydrogens is 429 g/mol. The molecule has 2 aromatic rings. The van der Waals surface area contributed by atoms with Crippen molar-refractivity contribution in [1.29, 1.82) is 0 Å². The van der Waals surface area contributed by atoms with Gasteiger partial charge in [-0.15, -0.1) is 10.2 Å². The highest BCUT2D eigenvalue weighted by Gasteiger charge is 2.50. The van der Waals surface area contributed by atoms with Crippen LogP contribution in [0.25, 0.3) is 11.3 Å². The number of aromatic nitrogens is 2. The second-order valence-electron chi connectivity index (χ2n) is 10.4. The molecule has 0 amide bonds. The molecule has 1 aromatic heterocycles. The number of hydrogen-bond donors (Lipinski definition) is 1. The first kappa shape index (κ1) is 21.4. The second kappa shape index (κ2) is 8.24. The van der Waals surface area contributed by atoms with Crippen LogP contribution in [0, 0.1) is 34.7 Å². The van der Waals surface area contributed by atoms with Crippen molar-refractivity contribution in [3.63, 3.8) is 0 Å². The molecule has 0 spiro atoms. The summed E-state index contributed by atoms with van der Waals surface area (Å²) in [6.07, 6.45) is 7.74. The van der Waals surface area contributed by atoms with E-state index in [9.17, 15) is 13.2 Å². The van der Waals surface area contributed by atoms with Crippen LogP contribution in [0.4, 0.5) is 19.0 Å². The Morgan fingerprint density at radius 1 is 1.06 bits per heavy atom. The Morgan fingerprint density at radius 2 is 1.88 bits per heavy atom. The molecule has 1 N–H and O–H groups in total. The minimum Gasteiger partial charge on any atom is -0.378 e. The van der Waals surface area contributed by atoms with Crippen molar-refractivity contribution in [2.45, 2.75) is 50.7 Å². The number of likely N-dealkylation sites (tertiary alicyclic amines) is 1. The second-order valence-corrected chi connectivity index (χ2v) is 10.4. The summed E-state index contributed by atoms with van der Waals surface area (Å²) in [6.45, 7) is 4.43. The van der Waals surface area contributed by atoms with Gasteiger partial charge in [0, 0.05) is 49.3 Å². The van der Waals surface area contributed by atoms with Gasteiger partial charge in [-0.1, -0.05) is 6.42 Å². The lowest BCUT2D eigenvalue weighted by Gasteiger charge is -2.33. The SMILES string of the molecule is Fc1cc(F)c(F)c(-c2ccc(NC3C[C@@H]4CN(C[C@]56CCC[C@H]5OCC6)C[C@@H]4C3)nn2)c1. The van der Waals surface area contributed by atoms with Gasteiger partial charge in [0.25, 0.3) is 0 Å². The monoisotopic (exact) mass is 458 g/mol. The third kappa shape index (κ3) is 3.91. The van der Waals surface area contributed by atoms with E-state index >= 15 is 0 Å². The van der Waals surface area contributed by atoms with E-state index in [1.165, 1.54) is 32.2 Å². The average molecular weight is 459 g/mol. The highest BCUT2D eigenvalue weighted by molar-refractivity contribution is 5.60. The van der Waals surface area contributed by atoms with E-state index in [4.69, 9.17) is 4.74 Å². The van der Waals surface area contributed by atoms with Crippen molar-refractivity contribution in [3.8, 4) is 11.3 Å². The molecule has 1 aromatic carbocycles. The van der Waals surface area contributed by atoms with Crippen LogP contribution in [-0.2, 0) is 4.74 Å². The standard InChI is InChI=1S/C25H29F3N4O/c26-17-10-19(24(28)20(27)11-17)21-3-4-23(31-30-21)29-18-8-15-12-32(13-16(15)9-18)14-25-5-1-2-22(25)33-7-6-25/h3-4,10-11,15-16,18,22H,1-2,5-9,12-14H2,(H,29,31)/t15-,16+,18?,22-,25-/m1/s1. The molecule has 6 rings (SSSR count). The van der Waals surface area contributed by atoms with E-state index in [1.54, 1.807) is 12.1 Å². The van der Waals surface area contributed by atoms with E-state index in [1.807, 2.05) is 0 Å². The van der Waals surface area contributed by atoms with Crippen LogP contribution in [0.5, 0.6) is 0 Å². The van der Waals surface area contributed by atoms with E-state index < -0.39 is 17.5 Å². The molecule has 2 aliphatic heterocycles. The summed E-state index contributed by atoms with van der Waals surface area (Å²) in [5.41, 5.74) is 0.284. The molecule has 4 aliphatic rings. The maximum absolute atomic E-state index is 14.0. The Bertz CT molecular complexity index is 1010. The molecule has 8 heteroatoms. The number of benzene rings is 1. The van der Waals surface area contributed by atoms with E-state index in [0.717, 1.165) is 38.6 Å². The molecular formula is C25H29F3N4O. The highest BCUT2D eigenvalue weighted by Crippen LogP contribution is 2.49. The Hall–Kier alpha value is -2.19. The largest absolute Gasteiger partial charge is 0.378 e. The summed E-state index contributed by atoms with van der Waals surface area (Å²) in [7, 11) is 0.